The molecule has 0 aromatic carbocycles. The Bertz CT molecular complexity index is 951. The lowest BCUT2D eigenvalue weighted by atomic mass is 10.1. The van der Waals surface area contributed by atoms with Crippen molar-refractivity contribution in [3.63, 3.8) is 0 Å². The number of rotatable bonds is 5. The summed E-state index contributed by atoms with van der Waals surface area (Å²) in [5.74, 6) is 1.16. The van der Waals surface area contributed by atoms with Gasteiger partial charge in [0.15, 0.2) is 0 Å². The molecule has 0 bridgehead atoms. The van der Waals surface area contributed by atoms with Crippen LogP contribution in [-0.4, -0.2) is 29.3 Å². The van der Waals surface area contributed by atoms with Gasteiger partial charge in [-0.05, 0) is 34.7 Å². The summed E-state index contributed by atoms with van der Waals surface area (Å²) in [5.41, 5.74) is 1.79. The van der Waals surface area contributed by atoms with Crippen molar-refractivity contribution < 1.29 is 6.11 Å². The van der Waals surface area contributed by atoms with Crippen LogP contribution in [0.25, 0.3) is 5.82 Å². The second-order valence-electron chi connectivity index (χ2n) is 5.60. The fourth-order valence-electron chi connectivity index (χ4n) is 2.69. The van der Waals surface area contributed by atoms with Crippen LogP contribution in [-0.2, 0) is 20.7 Å². The largest absolute Gasteiger partial charge is 0.465 e. The topological polar surface area (TPSA) is 79.8 Å². The van der Waals surface area contributed by atoms with Gasteiger partial charge in [0.2, 0.25) is 0 Å². The van der Waals surface area contributed by atoms with Gasteiger partial charge in [0, 0.05) is 37.4 Å². The molecule has 1 saturated carbocycles. The van der Waals surface area contributed by atoms with Crippen molar-refractivity contribution in [3.05, 3.63) is 39.4 Å². The number of hydrogen-bond donors (Lipinski definition) is 0. The van der Waals surface area contributed by atoms with Gasteiger partial charge in [-0.1, -0.05) is 11.3 Å². The van der Waals surface area contributed by atoms with E-state index in [1.165, 1.54) is 26.3 Å². The molecule has 0 amide bonds. The molecule has 9 heteroatoms. The van der Waals surface area contributed by atoms with E-state index in [-0.39, 0.29) is 18.5 Å². The highest BCUT2D eigenvalue weighted by Crippen LogP contribution is 2.43. The Morgan fingerprint density at radius 3 is 2.87 bits per heavy atom. The highest BCUT2D eigenvalue weighted by atomic mass is 32.1. The first kappa shape index (κ1) is 13.1. The maximum atomic E-state index is 12.3. The third kappa shape index (κ3) is 2.46. The Morgan fingerprint density at radius 1 is 1.43 bits per heavy atom. The monoisotopic (exact) mass is 334 g/mol. The van der Waals surface area contributed by atoms with Crippen LogP contribution in [0, 0.1) is 0 Å². The molecular weight excluding hydrogens is 316 g/mol. The Labute approximate surface area is 137 Å². The van der Waals surface area contributed by atoms with Gasteiger partial charge in [0.05, 0.1) is 1.37 Å². The van der Waals surface area contributed by atoms with E-state index in [1.807, 2.05) is 17.8 Å². The van der Waals surface area contributed by atoms with Crippen LogP contribution in [0.2, 0.25) is 0 Å². The summed E-state index contributed by atoms with van der Waals surface area (Å²) >= 11 is 1.29. The van der Waals surface area contributed by atoms with E-state index in [1.54, 1.807) is 12.4 Å². The van der Waals surface area contributed by atoms with Gasteiger partial charge >= 0.3 is 5.69 Å². The van der Waals surface area contributed by atoms with E-state index in [0.29, 0.717) is 16.9 Å². The van der Waals surface area contributed by atoms with Gasteiger partial charge in [-0.25, -0.2) is 9.78 Å². The zero-order chi connectivity index (χ0) is 16.8. The summed E-state index contributed by atoms with van der Waals surface area (Å²) in [6.45, 7) is 0.276. The number of aromatic nitrogens is 6. The highest BCUT2D eigenvalue weighted by Gasteiger charge is 2.31. The lowest BCUT2D eigenvalue weighted by Crippen LogP contribution is -2.24. The number of thiazole rings is 1. The molecule has 0 atom stereocenters. The van der Waals surface area contributed by atoms with Crippen molar-refractivity contribution in [1.29, 1.82) is 0 Å². The summed E-state index contributed by atoms with van der Waals surface area (Å²) < 4.78 is 17.6. The van der Waals surface area contributed by atoms with Crippen molar-refractivity contribution in [2.45, 2.75) is 25.4 Å². The van der Waals surface area contributed by atoms with Crippen LogP contribution in [0.15, 0.2) is 22.5 Å². The predicted molar refractivity (Wildman–Crippen MR) is 84.0 cm³/mol. The van der Waals surface area contributed by atoms with E-state index in [0.717, 1.165) is 18.4 Å². The zero-order valence-corrected chi connectivity index (χ0v) is 13.6. The number of tetrazole rings is 1. The van der Waals surface area contributed by atoms with Gasteiger partial charge in [-0.15, -0.1) is 4.68 Å². The van der Waals surface area contributed by atoms with E-state index in [9.17, 15) is 4.79 Å². The third-order valence-electron chi connectivity index (χ3n) is 3.93. The molecule has 3 aromatic rings. The van der Waals surface area contributed by atoms with Gasteiger partial charge in [0.1, 0.15) is 12.4 Å². The lowest BCUT2D eigenvalue weighted by molar-refractivity contribution is 0.302. The second kappa shape index (κ2) is 5.34. The molecule has 3 aromatic heterocycles. The third-order valence-corrected chi connectivity index (χ3v) is 4.57. The first-order valence-corrected chi connectivity index (χ1v) is 8.15. The van der Waals surface area contributed by atoms with E-state index in [2.05, 4.69) is 15.4 Å². The van der Waals surface area contributed by atoms with Crippen molar-refractivity contribution in [2.75, 3.05) is 0 Å². The van der Waals surface area contributed by atoms with Crippen molar-refractivity contribution >= 4 is 11.3 Å². The quantitative estimate of drug-likeness (QED) is 0.701. The molecule has 0 spiro atoms. The maximum absolute atomic E-state index is 12.3. The van der Waals surface area contributed by atoms with Crippen LogP contribution < -0.4 is 10.4 Å². The Hall–Kier alpha value is -2.42. The maximum Gasteiger partial charge on any atom is 0.369 e. The number of ether oxygens (including phenoxy) is 1. The molecule has 0 radical (unpaired) electrons. The second-order valence-corrected chi connectivity index (χ2v) is 6.42. The SMILES string of the molecule is [3H]c1csc(OCc2c(C3CC3)cn(C)c2-n2nnn(C)c2=O)n1. The molecular formula is C14H16N6O2S. The molecule has 1 fully saturated rings. The fourth-order valence-corrected chi connectivity index (χ4v) is 3.13. The van der Waals surface area contributed by atoms with Crippen LogP contribution in [0.3, 0.4) is 0 Å². The number of aryl methyl sites for hydroxylation is 2. The summed E-state index contributed by atoms with van der Waals surface area (Å²) in [7, 11) is 3.45. The van der Waals surface area contributed by atoms with Crippen LogP contribution in [0.5, 0.6) is 5.19 Å². The summed E-state index contributed by atoms with van der Waals surface area (Å²) in [5, 5.41) is 9.82. The van der Waals surface area contributed by atoms with Crippen molar-refractivity contribution in [3.8, 4) is 11.0 Å². The molecule has 0 N–H and O–H groups in total. The minimum absolute atomic E-state index is 0.191. The molecule has 0 saturated heterocycles. The molecule has 4 rings (SSSR count). The molecule has 120 valence electrons. The van der Waals surface area contributed by atoms with Crippen molar-refractivity contribution in [2.24, 2.45) is 14.1 Å². The zero-order valence-electron chi connectivity index (χ0n) is 13.8. The molecule has 0 unspecified atom stereocenters. The first-order valence-electron chi connectivity index (χ1n) is 7.77. The van der Waals surface area contributed by atoms with E-state index >= 15 is 0 Å². The fraction of sp³-hybridized carbons (Fsp3) is 0.429. The average Bonchev–Trinajstić information content (AvgIpc) is 3.14. The first-order chi connectivity index (χ1) is 11.5. The Balaban J connectivity index is 1.75. The lowest BCUT2D eigenvalue weighted by Gasteiger charge is -2.08. The minimum Gasteiger partial charge on any atom is -0.465 e. The highest BCUT2D eigenvalue weighted by molar-refractivity contribution is 7.11. The predicted octanol–water partition coefficient (Wildman–Crippen LogP) is 1.22. The molecule has 23 heavy (non-hydrogen) atoms. The van der Waals surface area contributed by atoms with Crippen LogP contribution >= 0.6 is 11.3 Å². The smallest absolute Gasteiger partial charge is 0.369 e. The van der Waals surface area contributed by atoms with Crippen LogP contribution in [0.1, 0.15) is 31.3 Å². The number of hydrogen-bond acceptors (Lipinski definition) is 6. The van der Waals surface area contributed by atoms with Crippen LogP contribution in [0.4, 0.5) is 0 Å². The normalized spacial score (nSPS) is 15.0. The molecule has 0 aliphatic heterocycles. The molecule has 1 aliphatic carbocycles. The van der Waals surface area contributed by atoms with Gasteiger partial charge in [0.25, 0.3) is 5.19 Å². The van der Waals surface area contributed by atoms with Crippen molar-refractivity contribution in [1.82, 2.24) is 29.3 Å². The van der Waals surface area contributed by atoms with Gasteiger partial charge < -0.3 is 9.30 Å². The average molecular weight is 334 g/mol. The minimum atomic E-state index is -0.303. The summed E-state index contributed by atoms with van der Waals surface area (Å²) in [6, 6.07) is 0. The van der Waals surface area contributed by atoms with E-state index in [4.69, 9.17) is 6.11 Å². The molecule has 1 aliphatic rings. The number of nitrogens with zero attached hydrogens (tertiary/aromatic N) is 6. The Kier molecular flexibility index (Phi) is 3.03. The standard InChI is InChI=1S/C14H16N6O2S/c1-18-7-10(9-3-4-9)11(8-22-13-15-5-6-23-13)12(18)20-14(21)19(2)16-17-20/h5-7,9H,3-4,8H2,1-2H3/i5T. The molecule has 8 nitrogen and oxygen atoms in total. The van der Waals surface area contributed by atoms with Gasteiger partial charge in [-0.2, -0.15) is 4.68 Å². The molecule has 3 heterocycles. The van der Waals surface area contributed by atoms with Gasteiger partial charge in [-0.3, -0.25) is 0 Å². The summed E-state index contributed by atoms with van der Waals surface area (Å²) in [6.07, 6.45) is 4.50. The Morgan fingerprint density at radius 2 is 2.26 bits per heavy atom. The summed E-state index contributed by atoms with van der Waals surface area (Å²) in [4.78, 5) is 16.3. The van der Waals surface area contributed by atoms with E-state index < -0.39 is 0 Å².